The average molecular weight is 341 g/mol. The molecule has 0 N–H and O–H groups in total. The molecule has 138 valence electrons. The van der Waals surface area contributed by atoms with E-state index in [0.29, 0.717) is 6.04 Å². The molecule has 0 amide bonds. The highest BCUT2D eigenvalue weighted by Crippen LogP contribution is 2.31. The Morgan fingerprint density at radius 3 is 2.20 bits per heavy atom. The van der Waals surface area contributed by atoms with Crippen LogP contribution in [0.4, 0.5) is 5.69 Å². The van der Waals surface area contributed by atoms with Crippen LogP contribution in [0.1, 0.15) is 90.4 Å². The highest BCUT2D eigenvalue weighted by molar-refractivity contribution is 5.50. The zero-order chi connectivity index (χ0) is 17.7. The molecular formula is C23H36N2. The molecule has 0 radical (unpaired) electrons. The Morgan fingerprint density at radius 1 is 0.920 bits per heavy atom. The Hall–Kier alpha value is -1.49. The zero-order valence-electron chi connectivity index (χ0n) is 16.1. The summed E-state index contributed by atoms with van der Waals surface area (Å²) >= 11 is 0. The van der Waals surface area contributed by atoms with Crippen LogP contribution in [-0.2, 0) is 0 Å². The molecule has 1 saturated heterocycles. The number of para-hydroxylation sites is 1. The van der Waals surface area contributed by atoms with Crippen LogP contribution in [-0.4, -0.2) is 12.1 Å². The van der Waals surface area contributed by atoms with Crippen molar-refractivity contribution in [3.63, 3.8) is 0 Å². The van der Waals surface area contributed by atoms with Gasteiger partial charge in [-0.2, -0.15) is 5.26 Å². The largest absolute Gasteiger partial charge is 0.353 e. The minimum Gasteiger partial charge on any atom is -0.353 e. The van der Waals surface area contributed by atoms with Crippen molar-refractivity contribution >= 4 is 5.69 Å². The van der Waals surface area contributed by atoms with Gasteiger partial charge in [-0.25, -0.2) is 0 Å². The Balaban J connectivity index is 1.73. The molecule has 1 aromatic rings. The van der Waals surface area contributed by atoms with E-state index in [1.165, 1.54) is 82.7 Å². The molecule has 2 heteroatoms. The lowest BCUT2D eigenvalue weighted by Gasteiger charge is -2.41. The number of nitrogens with zero attached hydrogens (tertiary/aromatic N) is 2. The predicted molar refractivity (Wildman–Crippen MR) is 108 cm³/mol. The van der Waals surface area contributed by atoms with Crippen molar-refractivity contribution in [1.29, 1.82) is 5.26 Å². The number of nitriles is 1. The summed E-state index contributed by atoms with van der Waals surface area (Å²) in [6, 6.07) is 13.7. The lowest BCUT2D eigenvalue weighted by atomic mass is 9.91. The molecular weight excluding hydrogens is 304 g/mol. The van der Waals surface area contributed by atoms with E-state index in [9.17, 15) is 5.26 Å². The minimum absolute atomic E-state index is 0.0553. The van der Waals surface area contributed by atoms with Crippen LogP contribution in [0.15, 0.2) is 30.3 Å². The number of unbranched alkanes of at least 4 members (excludes halogenated alkanes) is 8. The second-order valence-corrected chi connectivity index (χ2v) is 7.59. The van der Waals surface area contributed by atoms with Gasteiger partial charge in [0.25, 0.3) is 0 Å². The molecule has 1 fully saturated rings. The number of rotatable bonds is 11. The SMILES string of the molecule is CCCCCCCCCCC[C@@H]1CCC[C@@H](C#N)N1c1ccccc1. The van der Waals surface area contributed by atoms with Crippen LogP contribution in [0.5, 0.6) is 0 Å². The van der Waals surface area contributed by atoms with E-state index in [0.717, 1.165) is 6.42 Å². The maximum absolute atomic E-state index is 9.58. The maximum atomic E-state index is 9.58. The van der Waals surface area contributed by atoms with E-state index in [4.69, 9.17) is 0 Å². The van der Waals surface area contributed by atoms with Crippen molar-refractivity contribution in [3.05, 3.63) is 30.3 Å². The number of piperidine rings is 1. The van der Waals surface area contributed by atoms with Gasteiger partial charge in [-0.3, -0.25) is 0 Å². The van der Waals surface area contributed by atoms with Crippen molar-refractivity contribution in [2.45, 2.75) is 102 Å². The minimum atomic E-state index is 0.0553. The Kier molecular flexibility index (Phi) is 9.49. The topological polar surface area (TPSA) is 27.0 Å². The van der Waals surface area contributed by atoms with Crippen molar-refractivity contribution in [2.75, 3.05) is 4.90 Å². The monoisotopic (exact) mass is 340 g/mol. The zero-order valence-corrected chi connectivity index (χ0v) is 16.1. The van der Waals surface area contributed by atoms with Gasteiger partial charge >= 0.3 is 0 Å². The van der Waals surface area contributed by atoms with Gasteiger partial charge in [0.2, 0.25) is 0 Å². The van der Waals surface area contributed by atoms with E-state index in [-0.39, 0.29) is 6.04 Å². The standard InChI is InChI=1S/C23H36N2/c1-2-3-4-5-6-7-8-9-11-15-22-18-14-19-23(20-24)25(22)21-16-12-10-13-17-21/h10,12-13,16-17,22-23H,2-9,11,14-15,18-19H2,1H3/t22-,23+/m1/s1. The predicted octanol–water partition coefficient (Wildman–Crippen LogP) is 6.86. The first-order chi connectivity index (χ1) is 12.4. The molecule has 0 aromatic heterocycles. The molecule has 1 aliphatic rings. The molecule has 1 aromatic carbocycles. The summed E-state index contributed by atoms with van der Waals surface area (Å²) in [5.74, 6) is 0. The molecule has 1 heterocycles. The van der Waals surface area contributed by atoms with Gasteiger partial charge in [0.15, 0.2) is 0 Å². The fourth-order valence-electron chi connectivity index (χ4n) is 4.17. The van der Waals surface area contributed by atoms with E-state index in [1.807, 2.05) is 0 Å². The van der Waals surface area contributed by atoms with Crippen molar-refractivity contribution in [3.8, 4) is 6.07 Å². The molecule has 0 spiro atoms. The molecule has 0 bridgehead atoms. The summed E-state index contributed by atoms with van der Waals surface area (Å²) in [4.78, 5) is 2.41. The van der Waals surface area contributed by atoms with Gasteiger partial charge in [-0.1, -0.05) is 82.9 Å². The second-order valence-electron chi connectivity index (χ2n) is 7.59. The highest BCUT2D eigenvalue weighted by atomic mass is 15.2. The summed E-state index contributed by atoms with van der Waals surface area (Å²) in [7, 11) is 0. The molecule has 2 nitrogen and oxygen atoms in total. The lowest BCUT2D eigenvalue weighted by molar-refractivity contribution is 0.390. The Bertz CT molecular complexity index is 491. The number of hydrogen-bond acceptors (Lipinski definition) is 2. The molecule has 2 atom stereocenters. The van der Waals surface area contributed by atoms with Gasteiger partial charge in [0.05, 0.1) is 6.07 Å². The molecule has 0 unspecified atom stereocenters. The number of anilines is 1. The van der Waals surface area contributed by atoms with Gasteiger partial charge in [0.1, 0.15) is 6.04 Å². The summed E-state index contributed by atoms with van der Waals surface area (Å²) in [6.07, 6.45) is 17.1. The average Bonchev–Trinajstić information content (AvgIpc) is 2.67. The molecule has 2 rings (SSSR count). The van der Waals surface area contributed by atoms with Crippen molar-refractivity contribution in [2.24, 2.45) is 0 Å². The number of benzene rings is 1. The van der Waals surface area contributed by atoms with Gasteiger partial charge in [0, 0.05) is 11.7 Å². The van der Waals surface area contributed by atoms with E-state index in [2.05, 4.69) is 48.2 Å². The van der Waals surface area contributed by atoms with E-state index < -0.39 is 0 Å². The smallest absolute Gasteiger partial charge is 0.117 e. The first kappa shape index (κ1) is 19.8. The summed E-state index contributed by atoms with van der Waals surface area (Å²) in [5.41, 5.74) is 1.23. The molecule has 1 aliphatic heterocycles. The van der Waals surface area contributed by atoms with Crippen molar-refractivity contribution in [1.82, 2.24) is 0 Å². The molecule has 0 aliphatic carbocycles. The van der Waals surface area contributed by atoms with Gasteiger partial charge in [-0.15, -0.1) is 0 Å². The Morgan fingerprint density at radius 2 is 1.56 bits per heavy atom. The van der Waals surface area contributed by atoms with Crippen molar-refractivity contribution < 1.29 is 0 Å². The maximum Gasteiger partial charge on any atom is 0.117 e. The lowest BCUT2D eigenvalue weighted by Crippen LogP contribution is -2.46. The van der Waals surface area contributed by atoms with Gasteiger partial charge in [-0.05, 0) is 37.8 Å². The normalized spacial score (nSPS) is 20.4. The first-order valence-electron chi connectivity index (χ1n) is 10.6. The first-order valence-corrected chi connectivity index (χ1v) is 10.6. The Labute approximate surface area is 155 Å². The van der Waals surface area contributed by atoms with Crippen LogP contribution in [0.25, 0.3) is 0 Å². The second kappa shape index (κ2) is 12.0. The third-order valence-corrected chi connectivity index (χ3v) is 5.59. The van der Waals surface area contributed by atoms with Crippen LogP contribution in [0.2, 0.25) is 0 Å². The summed E-state index contributed by atoms with van der Waals surface area (Å²) in [5, 5.41) is 9.58. The third-order valence-electron chi connectivity index (χ3n) is 5.59. The fourth-order valence-corrected chi connectivity index (χ4v) is 4.17. The van der Waals surface area contributed by atoms with Gasteiger partial charge < -0.3 is 4.90 Å². The van der Waals surface area contributed by atoms with E-state index in [1.54, 1.807) is 0 Å². The van der Waals surface area contributed by atoms with Crippen LogP contribution in [0, 0.1) is 11.3 Å². The van der Waals surface area contributed by atoms with Crippen LogP contribution in [0.3, 0.4) is 0 Å². The summed E-state index contributed by atoms with van der Waals surface area (Å²) < 4.78 is 0. The third kappa shape index (κ3) is 6.73. The fraction of sp³-hybridized carbons (Fsp3) is 0.696. The highest BCUT2D eigenvalue weighted by Gasteiger charge is 2.30. The summed E-state index contributed by atoms with van der Waals surface area (Å²) in [6.45, 7) is 2.28. The quantitative estimate of drug-likeness (QED) is 0.411. The van der Waals surface area contributed by atoms with Crippen LogP contribution >= 0.6 is 0 Å². The molecule has 0 saturated carbocycles. The van der Waals surface area contributed by atoms with E-state index >= 15 is 0 Å². The molecule has 25 heavy (non-hydrogen) atoms. The van der Waals surface area contributed by atoms with Crippen LogP contribution < -0.4 is 4.90 Å². The number of hydrogen-bond donors (Lipinski definition) is 0.